The molecule has 2 amide bonds. The van der Waals surface area contributed by atoms with E-state index in [0.29, 0.717) is 12.5 Å². The molecular formula is C26H38FN3O4S. The average molecular weight is 508 g/mol. The van der Waals surface area contributed by atoms with Gasteiger partial charge in [-0.1, -0.05) is 12.1 Å². The Bertz CT molecular complexity index is 1070. The Hall–Kier alpha value is -1.71. The summed E-state index contributed by atoms with van der Waals surface area (Å²) in [5.74, 6) is 0.259. The number of carbonyl (C=O) groups is 1. The number of urea groups is 1. The van der Waals surface area contributed by atoms with E-state index < -0.39 is 15.4 Å². The van der Waals surface area contributed by atoms with Crippen LogP contribution >= 0.6 is 0 Å². The van der Waals surface area contributed by atoms with Gasteiger partial charge in [0.1, 0.15) is 5.82 Å². The highest BCUT2D eigenvalue weighted by Gasteiger charge is 2.56. The molecule has 1 aromatic rings. The van der Waals surface area contributed by atoms with Crippen LogP contribution in [0, 0.1) is 11.7 Å². The van der Waals surface area contributed by atoms with Crippen LogP contribution in [0.1, 0.15) is 56.9 Å². The zero-order valence-electron chi connectivity index (χ0n) is 20.9. The maximum Gasteiger partial charge on any atom is 0.320 e. The molecule has 2 aliphatic carbocycles. The zero-order chi connectivity index (χ0) is 25.1. The fourth-order valence-electron chi connectivity index (χ4n) is 6.60. The van der Waals surface area contributed by atoms with Crippen LogP contribution in [0.3, 0.4) is 0 Å². The SMILES string of the molecule is CN(C)[C@]1(c2cccc(F)c2)CC[C@@]2(CC1)CN(CC1(O)CCS(=O)(=O)CC1)C(=O)N2CC1CC1. The lowest BCUT2D eigenvalue weighted by molar-refractivity contribution is 0.00229. The van der Waals surface area contributed by atoms with Crippen LogP contribution < -0.4 is 0 Å². The van der Waals surface area contributed by atoms with Gasteiger partial charge in [0.15, 0.2) is 9.84 Å². The van der Waals surface area contributed by atoms with Gasteiger partial charge in [0.2, 0.25) is 0 Å². The van der Waals surface area contributed by atoms with Gasteiger partial charge in [-0.3, -0.25) is 4.90 Å². The normalized spacial score (nSPS) is 29.8. The second-order valence-electron chi connectivity index (χ2n) is 11.7. The number of carbonyl (C=O) groups excluding carboxylic acids is 1. The summed E-state index contributed by atoms with van der Waals surface area (Å²) in [4.78, 5) is 19.7. The van der Waals surface area contributed by atoms with Crippen molar-refractivity contribution in [3.63, 3.8) is 0 Å². The number of hydrogen-bond acceptors (Lipinski definition) is 5. The fourth-order valence-corrected chi connectivity index (χ4v) is 8.18. The van der Waals surface area contributed by atoms with Crippen molar-refractivity contribution in [1.82, 2.24) is 14.7 Å². The number of aliphatic hydroxyl groups is 1. The van der Waals surface area contributed by atoms with E-state index in [9.17, 15) is 22.7 Å². The van der Waals surface area contributed by atoms with Gasteiger partial charge in [-0.05, 0) is 89.1 Å². The maximum atomic E-state index is 14.1. The second kappa shape index (κ2) is 8.70. The Balaban J connectivity index is 1.37. The Labute approximate surface area is 208 Å². The van der Waals surface area contributed by atoms with Gasteiger partial charge >= 0.3 is 6.03 Å². The van der Waals surface area contributed by atoms with E-state index in [1.54, 1.807) is 17.0 Å². The first kappa shape index (κ1) is 25.0. The first-order valence-electron chi connectivity index (χ1n) is 12.9. The number of sulfone groups is 1. The lowest BCUT2D eigenvalue weighted by atomic mass is 9.68. The van der Waals surface area contributed by atoms with E-state index in [0.717, 1.165) is 50.6 Å². The van der Waals surface area contributed by atoms with Gasteiger partial charge in [-0.2, -0.15) is 0 Å². The molecule has 194 valence electrons. The molecule has 4 aliphatic rings. The minimum atomic E-state index is -3.10. The molecule has 2 saturated carbocycles. The zero-order valence-corrected chi connectivity index (χ0v) is 21.7. The maximum absolute atomic E-state index is 14.1. The van der Waals surface area contributed by atoms with E-state index in [2.05, 4.69) is 9.80 Å². The van der Waals surface area contributed by atoms with Crippen LogP contribution in [0.25, 0.3) is 0 Å². The molecule has 2 heterocycles. The molecule has 2 aliphatic heterocycles. The minimum absolute atomic E-state index is 0.0261. The Morgan fingerprint density at radius 1 is 1.09 bits per heavy atom. The number of nitrogens with zero attached hydrogens (tertiary/aromatic N) is 3. The number of amides is 2. The van der Waals surface area contributed by atoms with Crippen molar-refractivity contribution in [2.24, 2.45) is 5.92 Å². The van der Waals surface area contributed by atoms with Gasteiger partial charge in [0.25, 0.3) is 0 Å². The summed E-state index contributed by atoms with van der Waals surface area (Å²) in [5.41, 5.74) is -0.763. The third-order valence-electron chi connectivity index (χ3n) is 9.16. The van der Waals surface area contributed by atoms with Crippen LogP contribution in [0.4, 0.5) is 9.18 Å². The van der Waals surface area contributed by atoms with Crippen LogP contribution in [0.2, 0.25) is 0 Å². The standard InChI is InChI=1S/C26H38FN3O4S/c1-28(2)26(21-4-3-5-22(27)16-21)10-8-24(9-11-26)18-29(23(31)30(24)17-20-6-7-20)19-25(32)12-14-35(33,34)15-13-25/h3-5,16,20,32H,6-15,17-19H2,1-2H3/t24-,26-. The molecule has 1 aromatic carbocycles. The summed E-state index contributed by atoms with van der Waals surface area (Å²) < 4.78 is 37.9. The smallest absolute Gasteiger partial charge is 0.320 e. The van der Waals surface area contributed by atoms with Crippen molar-refractivity contribution < 1.29 is 22.7 Å². The quantitative estimate of drug-likeness (QED) is 0.640. The molecule has 0 aromatic heterocycles. The predicted molar refractivity (Wildman–Crippen MR) is 132 cm³/mol. The van der Waals surface area contributed by atoms with Crippen LogP contribution in [-0.2, 0) is 15.4 Å². The Kier molecular flexibility index (Phi) is 6.20. The lowest BCUT2D eigenvalue weighted by Crippen LogP contribution is -2.55. The molecule has 7 nitrogen and oxygen atoms in total. The largest absolute Gasteiger partial charge is 0.388 e. The molecule has 4 fully saturated rings. The highest BCUT2D eigenvalue weighted by atomic mass is 32.2. The first-order chi connectivity index (χ1) is 16.5. The van der Waals surface area contributed by atoms with Crippen molar-refractivity contribution in [3.8, 4) is 0 Å². The number of halogens is 1. The van der Waals surface area contributed by atoms with E-state index in [4.69, 9.17) is 0 Å². The molecule has 2 saturated heterocycles. The third kappa shape index (κ3) is 4.71. The van der Waals surface area contributed by atoms with Crippen LogP contribution in [0.15, 0.2) is 24.3 Å². The van der Waals surface area contributed by atoms with E-state index in [1.165, 1.54) is 6.07 Å². The number of benzene rings is 1. The molecule has 0 bridgehead atoms. The molecule has 0 atom stereocenters. The molecule has 1 N–H and O–H groups in total. The number of β-amino-alcohol motifs (C(OH)–C–C–N with tert-alkyl or cyclic N) is 1. The van der Waals surface area contributed by atoms with Crippen molar-refractivity contribution >= 4 is 15.9 Å². The average Bonchev–Trinajstić information content (AvgIpc) is 3.60. The van der Waals surface area contributed by atoms with Crippen molar-refractivity contribution in [2.75, 3.05) is 45.2 Å². The topological polar surface area (TPSA) is 81.2 Å². The summed E-state index contributed by atoms with van der Waals surface area (Å²) in [6.07, 6.45) is 5.89. The summed E-state index contributed by atoms with van der Waals surface area (Å²) in [6, 6.07) is 6.86. The second-order valence-corrected chi connectivity index (χ2v) is 14.0. The van der Waals surface area contributed by atoms with E-state index >= 15 is 0 Å². The Morgan fingerprint density at radius 3 is 2.31 bits per heavy atom. The van der Waals surface area contributed by atoms with Crippen molar-refractivity contribution in [1.29, 1.82) is 0 Å². The van der Waals surface area contributed by atoms with Gasteiger partial charge in [0, 0.05) is 18.6 Å². The monoisotopic (exact) mass is 507 g/mol. The van der Waals surface area contributed by atoms with E-state index in [1.807, 2.05) is 20.2 Å². The minimum Gasteiger partial charge on any atom is -0.388 e. The van der Waals surface area contributed by atoms with Gasteiger partial charge in [0.05, 0.1) is 29.2 Å². The van der Waals surface area contributed by atoms with E-state index in [-0.39, 0.29) is 53.8 Å². The fraction of sp³-hybridized carbons (Fsp3) is 0.731. The van der Waals surface area contributed by atoms with Crippen molar-refractivity contribution in [2.45, 2.75) is 68.0 Å². The Morgan fingerprint density at radius 2 is 1.74 bits per heavy atom. The lowest BCUT2D eigenvalue weighted by Gasteiger charge is -2.51. The summed E-state index contributed by atoms with van der Waals surface area (Å²) in [5, 5.41) is 11.2. The molecule has 5 rings (SSSR count). The highest BCUT2D eigenvalue weighted by molar-refractivity contribution is 7.91. The summed E-state index contributed by atoms with van der Waals surface area (Å²) in [7, 11) is 0.988. The summed E-state index contributed by atoms with van der Waals surface area (Å²) >= 11 is 0. The summed E-state index contributed by atoms with van der Waals surface area (Å²) in [6.45, 7) is 1.49. The van der Waals surface area contributed by atoms with Gasteiger partial charge in [-0.25, -0.2) is 17.6 Å². The van der Waals surface area contributed by atoms with Crippen LogP contribution in [0.5, 0.6) is 0 Å². The molecule has 1 spiro atoms. The molecular weight excluding hydrogens is 469 g/mol. The number of rotatable bonds is 6. The highest BCUT2D eigenvalue weighted by Crippen LogP contribution is 2.50. The first-order valence-corrected chi connectivity index (χ1v) is 14.7. The van der Waals surface area contributed by atoms with Gasteiger partial charge < -0.3 is 14.9 Å². The molecule has 0 unspecified atom stereocenters. The van der Waals surface area contributed by atoms with Crippen LogP contribution in [-0.4, -0.2) is 90.6 Å². The molecule has 9 heteroatoms. The predicted octanol–water partition coefficient (Wildman–Crippen LogP) is 2.98. The molecule has 35 heavy (non-hydrogen) atoms. The molecule has 0 radical (unpaired) electrons. The third-order valence-corrected chi connectivity index (χ3v) is 10.8. The van der Waals surface area contributed by atoms with Crippen molar-refractivity contribution in [3.05, 3.63) is 35.6 Å². The van der Waals surface area contributed by atoms with Gasteiger partial charge in [-0.15, -0.1) is 0 Å². The number of hydrogen-bond donors (Lipinski definition) is 1.